The molecule has 2 aromatic heterocycles. The van der Waals surface area contributed by atoms with Crippen LogP contribution in [0.25, 0.3) is 22.0 Å². The second-order valence-corrected chi connectivity index (χ2v) is 9.83. The number of halogens is 1. The zero-order valence-corrected chi connectivity index (χ0v) is 21.6. The smallest absolute Gasteiger partial charge is 0.293 e. The van der Waals surface area contributed by atoms with E-state index in [1.54, 1.807) is 18.2 Å². The molecular weight excluding hydrogens is 483 g/mol. The highest BCUT2D eigenvalue weighted by Gasteiger charge is 2.30. The van der Waals surface area contributed by atoms with Crippen LogP contribution in [0.1, 0.15) is 30.9 Å². The van der Waals surface area contributed by atoms with Crippen molar-refractivity contribution in [2.24, 2.45) is 5.92 Å². The van der Waals surface area contributed by atoms with Crippen molar-refractivity contribution in [1.82, 2.24) is 19.9 Å². The molecule has 1 aliphatic rings. The summed E-state index contributed by atoms with van der Waals surface area (Å²) in [4.78, 5) is 42.3. The Labute approximate surface area is 220 Å². The number of carbonyl (C=O) groups excluding carboxylic acids is 2. The Morgan fingerprint density at radius 1 is 1.05 bits per heavy atom. The van der Waals surface area contributed by atoms with Gasteiger partial charge in [0.1, 0.15) is 11.6 Å². The number of likely N-dealkylation sites (N-methyl/N-ethyl adjacent to an activating group) is 1. The number of amides is 2. The molecule has 1 aliphatic heterocycles. The summed E-state index contributed by atoms with van der Waals surface area (Å²) in [5.41, 5.74) is 2.67. The van der Waals surface area contributed by atoms with Gasteiger partial charge in [-0.1, -0.05) is 26.0 Å². The molecule has 0 spiro atoms. The normalized spacial score (nSPS) is 15.2. The third kappa shape index (κ3) is 5.32. The lowest BCUT2D eigenvalue weighted by Gasteiger charge is -2.26. The maximum Gasteiger partial charge on any atom is 0.293 e. The quantitative estimate of drug-likeness (QED) is 0.400. The highest BCUT2D eigenvalue weighted by Crippen LogP contribution is 2.26. The van der Waals surface area contributed by atoms with Gasteiger partial charge in [-0.2, -0.15) is 0 Å². The fourth-order valence-corrected chi connectivity index (χ4v) is 4.67. The average molecular weight is 513 g/mol. The van der Waals surface area contributed by atoms with Crippen LogP contribution in [0, 0.1) is 11.7 Å². The first-order valence-corrected chi connectivity index (χ1v) is 12.6. The van der Waals surface area contributed by atoms with Crippen LogP contribution in [0.5, 0.6) is 0 Å². The molecule has 0 bridgehead atoms. The maximum atomic E-state index is 13.5. The number of pyridine rings is 1. The van der Waals surface area contributed by atoms with Crippen LogP contribution in [0.3, 0.4) is 0 Å². The molecular formula is C29H29FN6O2. The number of rotatable bonds is 6. The van der Waals surface area contributed by atoms with Crippen molar-refractivity contribution < 1.29 is 14.0 Å². The van der Waals surface area contributed by atoms with Gasteiger partial charge in [0.05, 0.1) is 11.6 Å². The van der Waals surface area contributed by atoms with Crippen LogP contribution in [-0.4, -0.2) is 57.8 Å². The van der Waals surface area contributed by atoms with Gasteiger partial charge in [0, 0.05) is 55.1 Å². The molecule has 2 amide bonds. The van der Waals surface area contributed by atoms with E-state index in [0.717, 1.165) is 36.2 Å². The Balaban J connectivity index is 1.25. The summed E-state index contributed by atoms with van der Waals surface area (Å²) < 4.78 is 13.5. The minimum atomic E-state index is -0.442. The van der Waals surface area contributed by atoms with E-state index in [4.69, 9.17) is 4.98 Å². The molecule has 0 radical (unpaired) electrons. The van der Waals surface area contributed by atoms with Crippen LogP contribution < -0.4 is 10.2 Å². The number of aromatic nitrogens is 3. The SMILES string of the molecule is CC(C)C(=O)N(C)[C@@H]1CCN(c2ccc3cc(NC(=O)c4ncc(-c5cccc(F)c5)cn4)ccc3n2)C1. The number of nitrogens with zero attached hydrogens (tertiary/aromatic N) is 5. The summed E-state index contributed by atoms with van der Waals surface area (Å²) in [5.74, 6) is 0.234. The molecule has 0 aliphatic carbocycles. The number of benzene rings is 2. The topological polar surface area (TPSA) is 91.3 Å². The second kappa shape index (κ2) is 10.5. The van der Waals surface area contributed by atoms with Crippen molar-refractivity contribution in [2.75, 3.05) is 30.4 Å². The Bertz CT molecular complexity index is 1490. The van der Waals surface area contributed by atoms with Gasteiger partial charge >= 0.3 is 0 Å². The van der Waals surface area contributed by atoms with Gasteiger partial charge in [-0.05, 0) is 54.4 Å². The van der Waals surface area contributed by atoms with Crippen molar-refractivity contribution in [1.29, 1.82) is 0 Å². The van der Waals surface area contributed by atoms with E-state index in [1.165, 1.54) is 24.5 Å². The molecule has 1 saturated heterocycles. The van der Waals surface area contributed by atoms with Crippen molar-refractivity contribution in [3.63, 3.8) is 0 Å². The predicted molar refractivity (Wildman–Crippen MR) is 145 cm³/mol. The zero-order chi connectivity index (χ0) is 26.8. The van der Waals surface area contributed by atoms with Crippen LogP contribution in [-0.2, 0) is 4.79 Å². The van der Waals surface area contributed by atoms with Crippen molar-refractivity contribution in [2.45, 2.75) is 26.3 Å². The fraction of sp³-hybridized carbons (Fsp3) is 0.276. The Kier molecular flexibility index (Phi) is 7.00. The van der Waals surface area contributed by atoms with Crippen molar-refractivity contribution in [3.05, 3.63) is 78.6 Å². The second-order valence-electron chi connectivity index (χ2n) is 9.83. The number of hydrogen-bond acceptors (Lipinski definition) is 6. The minimum Gasteiger partial charge on any atom is -0.354 e. The highest BCUT2D eigenvalue weighted by atomic mass is 19.1. The van der Waals surface area contributed by atoms with E-state index in [-0.39, 0.29) is 29.5 Å². The zero-order valence-electron chi connectivity index (χ0n) is 21.6. The molecule has 1 N–H and O–H groups in total. The van der Waals surface area contributed by atoms with Gasteiger partial charge in [0.25, 0.3) is 5.91 Å². The summed E-state index contributed by atoms with van der Waals surface area (Å²) in [6.07, 6.45) is 3.91. The lowest BCUT2D eigenvalue weighted by atomic mass is 10.1. The summed E-state index contributed by atoms with van der Waals surface area (Å²) in [5, 5.41) is 3.71. The first kappa shape index (κ1) is 25.3. The third-order valence-electron chi connectivity index (χ3n) is 6.82. The molecule has 5 rings (SSSR count). The molecule has 1 atom stereocenters. The van der Waals surface area contributed by atoms with Crippen molar-refractivity contribution >= 4 is 34.2 Å². The Morgan fingerprint density at radius 3 is 2.58 bits per heavy atom. The van der Waals surface area contributed by atoms with Crippen LogP contribution in [0.4, 0.5) is 15.9 Å². The molecule has 0 saturated carbocycles. The van der Waals surface area contributed by atoms with E-state index >= 15 is 0 Å². The highest BCUT2D eigenvalue weighted by molar-refractivity contribution is 6.02. The molecule has 38 heavy (non-hydrogen) atoms. The maximum absolute atomic E-state index is 13.5. The van der Waals surface area contributed by atoms with E-state index in [9.17, 15) is 14.0 Å². The van der Waals surface area contributed by atoms with Crippen LogP contribution in [0.15, 0.2) is 67.0 Å². The molecule has 4 aromatic rings. The largest absolute Gasteiger partial charge is 0.354 e. The average Bonchev–Trinajstić information content (AvgIpc) is 3.42. The van der Waals surface area contributed by atoms with Gasteiger partial charge in [-0.25, -0.2) is 19.3 Å². The molecule has 9 heteroatoms. The number of carbonyl (C=O) groups is 2. The van der Waals surface area contributed by atoms with Gasteiger partial charge < -0.3 is 15.1 Å². The van der Waals surface area contributed by atoms with Crippen molar-refractivity contribution in [3.8, 4) is 11.1 Å². The van der Waals surface area contributed by atoms with E-state index < -0.39 is 5.91 Å². The number of anilines is 2. The lowest BCUT2D eigenvalue weighted by molar-refractivity contribution is -0.134. The molecule has 194 valence electrons. The number of hydrogen-bond donors (Lipinski definition) is 1. The molecule has 2 aromatic carbocycles. The third-order valence-corrected chi connectivity index (χ3v) is 6.82. The van der Waals surface area contributed by atoms with Gasteiger partial charge in [0.15, 0.2) is 0 Å². The van der Waals surface area contributed by atoms with E-state index in [1.807, 2.05) is 50.1 Å². The summed E-state index contributed by atoms with van der Waals surface area (Å²) in [7, 11) is 1.88. The predicted octanol–water partition coefficient (Wildman–Crippen LogP) is 4.78. The molecule has 3 heterocycles. The van der Waals surface area contributed by atoms with Gasteiger partial charge in [-0.15, -0.1) is 0 Å². The number of nitrogens with one attached hydrogen (secondary N) is 1. The van der Waals surface area contributed by atoms with Gasteiger partial charge in [0.2, 0.25) is 11.7 Å². The van der Waals surface area contributed by atoms with Crippen LogP contribution >= 0.6 is 0 Å². The molecule has 1 fully saturated rings. The van der Waals surface area contributed by atoms with Gasteiger partial charge in [-0.3, -0.25) is 9.59 Å². The first-order valence-electron chi connectivity index (χ1n) is 12.6. The fourth-order valence-electron chi connectivity index (χ4n) is 4.67. The summed E-state index contributed by atoms with van der Waals surface area (Å²) >= 11 is 0. The number of fused-ring (bicyclic) bond motifs is 1. The molecule has 0 unspecified atom stereocenters. The Morgan fingerprint density at radius 2 is 1.84 bits per heavy atom. The summed E-state index contributed by atoms with van der Waals surface area (Å²) in [6, 6.07) is 15.8. The minimum absolute atomic E-state index is 0.0169. The van der Waals surface area contributed by atoms with Crippen LogP contribution in [0.2, 0.25) is 0 Å². The monoisotopic (exact) mass is 512 g/mol. The standard InChI is InChI=1S/C29H29FN6O2/c1-18(2)29(38)35(3)24-11-12-36(17-24)26-10-7-20-14-23(8-9-25(20)34-26)33-28(37)27-31-15-21(16-32-27)19-5-4-6-22(30)13-19/h4-10,13-16,18,24H,11-12,17H2,1-3H3,(H,33,37)/t24-/m1/s1. The van der Waals surface area contributed by atoms with E-state index in [0.29, 0.717) is 16.8 Å². The summed E-state index contributed by atoms with van der Waals surface area (Å²) in [6.45, 7) is 5.43. The lowest BCUT2D eigenvalue weighted by Crippen LogP contribution is -2.41. The Hall–Kier alpha value is -4.40. The first-order chi connectivity index (χ1) is 18.3. The van der Waals surface area contributed by atoms with E-state index in [2.05, 4.69) is 20.2 Å². The molecule has 8 nitrogen and oxygen atoms in total.